The monoisotopic (exact) mass is 243 g/mol. The maximum absolute atomic E-state index is 11.7. The van der Waals surface area contributed by atoms with E-state index in [1.807, 2.05) is 13.8 Å². The Morgan fingerprint density at radius 2 is 2.12 bits per heavy atom. The van der Waals surface area contributed by atoms with E-state index in [9.17, 15) is 4.79 Å². The predicted molar refractivity (Wildman–Crippen MR) is 66.9 cm³/mol. The highest BCUT2D eigenvalue weighted by atomic mass is 16.5. The van der Waals surface area contributed by atoms with Gasteiger partial charge in [0.05, 0.1) is 6.61 Å². The lowest BCUT2D eigenvalue weighted by Crippen LogP contribution is -2.49. The lowest BCUT2D eigenvalue weighted by atomic mass is 9.99. The third kappa shape index (κ3) is 5.04. The van der Waals surface area contributed by atoms with E-state index in [4.69, 9.17) is 9.47 Å². The highest BCUT2D eigenvalue weighted by Crippen LogP contribution is 2.32. The van der Waals surface area contributed by atoms with Gasteiger partial charge >= 0.3 is 5.97 Å². The molecular formula is C13H25NO3. The number of carbonyl (C=O) groups excluding carboxylic acids is 1. The highest BCUT2D eigenvalue weighted by molar-refractivity contribution is 5.80. The number of carbonyl (C=O) groups is 1. The van der Waals surface area contributed by atoms with Crippen molar-refractivity contribution in [2.75, 3.05) is 26.9 Å². The maximum atomic E-state index is 11.7. The second-order valence-corrected chi connectivity index (χ2v) is 4.90. The summed E-state index contributed by atoms with van der Waals surface area (Å²) in [6.07, 6.45) is 4.53. The molecule has 0 aromatic heterocycles. The van der Waals surface area contributed by atoms with Crippen LogP contribution in [0.5, 0.6) is 0 Å². The molecule has 1 aliphatic rings. The van der Waals surface area contributed by atoms with Gasteiger partial charge in [0, 0.05) is 13.2 Å². The molecule has 0 aromatic carbocycles. The second-order valence-electron chi connectivity index (χ2n) is 4.90. The van der Waals surface area contributed by atoms with Crippen molar-refractivity contribution < 1.29 is 14.3 Å². The summed E-state index contributed by atoms with van der Waals surface area (Å²) in [6, 6.07) is 0. The summed E-state index contributed by atoms with van der Waals surface area (Å²) in [7, 11) is 1.78. The second kappa shape index (κ2) is 6.97. The molecule has 17 heavy (non-hydrogen) atoms. The van der Waals surface area contributed by atoms with Crippen molar-refractivity contribution >= 4 is 5.97 Å². The molecular weight excluding hydrogens is 218 g/mol. The van der Waals surface area contributed by atoms with Crippen molar-refractivity contribution in [3.8, 4) is 0 Å². The van der Waals surface area contributed by atoms with Gasteiger partial charge in [-0.2, -0.15) is 0 Å². The minimum Gasteiger partial charge on any atom is -0.465 e. The largest absolute Gasteiger partial charge is 0.465 e. The van der Waals surface area contributed by atoms with Gasteiger partial charge < -0.3 is 14.8 Å². The van der Waals surface area contributed by atoms with E-state index in [0.29, 0.717) is 19.6 Å². The van der Waals surface area contributed by atoms with Crippen LogP contribution in [0, 0.1) is 5.92 Å². The Morgan fingerprint density at radius 1 is 1.41 bits per heavy atom. The molecule has 0 spiro atoms. The molecule has 4 heteroatoms. The van der Waals surface area contributed by atoms with Gasteiger partial charge in [0.25, 0.3) is 0 Å². The van der Waals surface area contributed by atoms with Gasteiger partial charge in [-0.3, -0.25) is 4.79 Å². The van der Waals surface area contributed by atoms with Crippen LogP contribution in [0.3, 0.4) is 0 Å². The Bertz CT molecular complexity index is 241. The number of hydrogen-bond acceptors (Lipinski definition) is 4. The van der Waals surface area contributed by atoms with E-state index in [2.05, 4.69) is 5.32 Å². The Hall–Kier alpha value is -0.610. The van der Waals surface area contributed by atoms with Crippen molar-refractivity contribution in [2.24, 2.45) is 5.92 Å². The molecule has 0 saturated heterocycles. The lowest BCUT2D eigenvalue weighted by Gasteiger charge is -2.26. The molecule has 0 heterocycles. The molecule has 1 unspecified atom stereocenters. The zero-order chi connectivity index (χ0) is 12.7. The summed E-state index contributed by atoms with van der Waals surface area (Å²) in [6.45, 7) is 5.50. The van der Waals surface area contributed by atoms with Crippen molar-refractivity contribution in [3.63, 3.8) is 0 Å². The summed E-state index contributed by atoms with van der Waals surface area (Å²) < 4.78 is 10.6. The van der Waals surface area contributed by atoms with E-state index >= 15 is 0 Å². The van der Waals surface area contributed by atoms with E-state index < -0.39 is 5.54 Å². The number of esters is 1. The minimum absolute atomic E-state index is 0.201. The molecule has 1 aliphatic carbocycles. The Kier molecular flexibility index (Phi) is 5.92. The molecule has 1 rings (SSSR count). The van der Waals surface area contributed by atoms with Gasteiger partial charge in [-0.15, -0.1) is 0 Å². The molecule has 4 nitrogen and oxygen atoms in total. The van der Waals surface area contributed by atoms with Crippen LogP contribution >= 0.6 is 0 Å². The van der Waals surface area contributed by atoms with Gasteiger partial charge in [-0.1, -0.05) is 12.8 Å². The summed E-state index contributed by atoms with van der Waals surface area (Å²) in [5.41, 5.74) is -0.629. The zero-order valence-corrected chi connectivity index (χ0v) is 11.3. The minimum atomic E-state index is -0.629. The van der Waals surface area contributed by atoms with Crippen LogP contribution < -0.4 is 5.32 Å². The fourth-order valence-corrected chi connectivity index (χ4v) is 1.65. The summed E-state index contributed by atoms with van der Waals surface area (Å²) >= 11 is 0. The van der Waals surface area contributed by atoms with Crippen LogP contribution in [0.2, 0.25) is 0 Å². The molecule has 0 radical (unpaired) electrons. The topological polar surface area (TPSA) is 47.6 Å². The molecule has 0 bridgehead atoms. The number of hydrogen-bond donors (Lipinski definition) is 1. The Labute approximate surface area is 104 Å². The predicted octanol–water partition coefficient (Wildman–Crippen LogP) is 1.73. The van der Waals surface area contributed by atoms with E-state index in [-0.39, 0.29) is 5.97 Å². The van der Waals surface area contributed by atoms with Crippen LogP contribution in [0.1, 0.15) is 39.5 Å². The van der Waals surface area contributed by atoms with Crippen molar-refractivity contribution in [1.29, 1.82) is 0 Å². The van der Waals surface area contributed by atoms with Crippen LogP contribution in [-0.4, -0.2) is 38.4 Å². The third-order valence-corrected chi connectivity index (χ3v) is 3.39. The van der Waals surface area contributed by atoms with Crippen molar-refractivity contribution in [1.82, 2.24) is 5.32 Å². The van der Waals surface area contributed by atoms with Gasteiger partial charge in [-0.25, -0.2) is 0 Å². The molecule has 1 saturated carbocycles. The van der Waals surface area contributed by atoms with E-state index in [1.165, 1.54) is 12.8 Å². The average molecular weight is 243 g/mol. The fraction of sp³-hybridized carbons (Fsp3) is 0.923. The standard InChI is InChI=1S/C13H25NO3/c1-4-17-12(15)13(2,14-3)8-10-16-9-7-11-5-6-11/h11,14H,4-10H2,1-3H3. The number of ether oxygens (including phenoxy) is 2. The number of rotatable bonds is 9. The zero-order valence-electron chi connectivity index (χ0n) is 11.3. The molecule has 0 aliphatic heterocycles. The molecule has 1 fully saturated rings. The van der Waals surface area contributed by atoms with Crippen LogP contribution in [-0.2, 0) is 14.3 Å². The number of likely N-dealkylation sites (N-methyl/N-ethyl adjacent to an activating group) is 1. The summed E-state index contributed by atoms with van der Waals surface area (Å²) in [5.74, 6) is 0.698. The van der Waals surface area contributed by atoms with Crippen molar-refractivity contribution in [3.05, 3.63) is 0 Å². The van der Waals surface area contributed by atoms with Crippen molar-refractivity contribution in [2.45, 2.75) is 45.1 Å². The normalized spacial score (nSPS) is 18.8. The average Bonchev–Trinajstić information content (AvgIpc) is 3.12. The van der Waals surface area contributed by atoms with E-state index in [0.717, 1.165) is 18.9 Å². The van der Waals surface area contributed by atoms with E-state index in [1.54, 1.807) is 7.05 Å². The summed E-state index contributed by atoms with van der Waals surface area (Å²) in [4.78, 5) is 11.7. The van der Waals surface area contributed by atoms with Gasteiger partial charge in [0.15, 0.2) is 0 Å². The van der Waals surface area contributed by atoms with Gasteiger partial charge in [0.1, 0.15) is 5.54 Å². The third-order valence-electron chi connectivity index (χ3n) is 3.39. The van der Waals surface area contributed by atoms with Crippen LogP contribution in [0.15, 0.2) is 0 Å². The quantitative estimate of drug-likeness (QED) is 0.495. The molecule has 0 amide bonds. The Balaban J connectivity index is 2.16. The maximum Gasteiger partial charge on any atom is 0.326 e. The lowest BCUT2D eigenvalue weighted by molar-refractivity contribution is -0.151. The van der Waals surface area contributed by atoms with Gasteiger partial charge in [0.2, 0.25) is 0 Å². The Morgan fingerprint density at radius 3 is 2.65 bits per heavy atom. The first-order valence-electron chi connectivity index (χ1n) is 6.56. The molecule has 0 aromatic rings. The number of nitrogens with one attached hydrogen (secondary N) is 1. The first-order chi connectivity index (χ1) is 8.12. The highest BCUT2D eigenvalue weighted by Gasteiger charge is 2.32. The first kappa shape index (κ1) is 14.5. The molecule has 100 valence electrons. The SMILES string of the molecule is CCOC(=O)C(C)(CCOCCC1CC1)NC. The molecule has 1 N–H and O–H groups in total. The summed E-state index contributed by atoms with van der Waals surface area (Å²) in [5, 5.41) is 3.02. The molecule has 1 atom stereocenters. The smallest absolute Gasteiger partial charge is 0.326 e. The fourth-order valence-electron chi connectivity index (χ4n) is 1.65. The van der Waals surface area contributed by atoms with Crippen LogP contribution in [0.4, 0.5) is 0 Å². The van der Waals surface area contributed by atoms with Crippen LogP contribution in [0.25, 0.3) is 0 Å². The van der Waals surface area contributed by atoms with Gasteiger partial charge in [-0.05, 0) is 39.7 Å². The first-order valence-corrected chi connectivity index (χ1v) is 6.56.